The van der Waals surface area contributed by atoms with Crippen molar-refractivity contribution in [1.29, 1.82) is 0 Å². The molecular formula is C20H30F3IN4. The van der Waals surface area contributed by atoms with Gasteiger partial charge in [0.05, 0.1) is 6.54 Å². The van der Waals surface area contributed by atoms with Gasteiger partial charge < -0.3 is 10.2 Å². The van der Waals surface area contributed by atoms with Crippen LogP contribution in [0.3, 0.4) is 0 Å². The zero-order valence-electron chi connectivity index (χ0n) is 16.5. The van der Waals surface area contributed by atoms with Gasteiger partial charge in [-0.25, -0.2) is 0 Å². The Balaban J connectivity index is 0.00000280. The Labute approximate surface area is 182 Å². The van der Waals surface area contributed by atoms with Gasteiger partial charge in [-0.15, -0.1) is 24.0 Å². The van der Waals surface area contributed by atoms with Crippen molar-refractivity contribution < 1.29 is 13.2 Å². The zero-order valence-corrected chi connectivity index (χ0v) is 18.8. The molecule has 4 nitrogen and oxygen atoms in total. The lowest BCUT2D eigenvalue weighted by atomic mass is 10.1. The van der Waals surface area contributed by atoms with Crippen molar-refractivity contribution in [3.63, 3.8) is 0 Å². The molecule has 0 radical (unpaired) electrons. The van der Waals surface area contributed by atoms with Gasteiger partial charge in [-0.2, -0.15) is 13.2 Å². The summed E-state index contributed by atoms with van der Waals surface area (Å²) in [6.07, 6.45) is -2.14. The normalized spacial score (nSPS) is 25.0. The monoisotopic (exact) mass is 510 g/mol. The summed E-state index contributed by atoms with van der Waals surface area (Å²) in [7, 11) is 1.78. The summed E-state index contributed by atoms with van der Waals surface area (Å²) in [5.74, 6) is 1.64. The fourth-order valence-corrected chi connectivity index (χ4v) is 3.98. The topological polar surface area (TPSA) is 30.9 Å². The van der Waals surface area contributed by atoms with E-state index in [4.69, 9.17) is 0 Å². The molecule has 0 aromatic heterocycles. The molecule has 1 heterocycles. The molecule has 2 aliphatic rings. The molecule has 0 bridgehead atoms. The Morgan fingerprint density at radius 3 is 2.61 bits per heavy atom. The number of likely N-dealkylation sites (tertiary alicyclic amines) is 1. The van der Waals surface area contributed by atoms with E-state index in [0.717, 1.165) is 31.9 Å². The molecule has 1 N–H and O–H groups in total. The van der Waals surface area contributed by atoms with Crippen LogP contribution < -0.4 is 5.32 Å². The van der Waals surface area contributed by atoms with Gasteiger partial charge in [-0.1, -0.05) is 37.3 Å². The van der Waals surface area contributed by atoms with Gasteiger partial charge in [-0.3, -0.25) is 9.89 Å². The molecule has 3 rings (SSSR count). The maximum Gasteiger partial charge on any atom is 0.401 e. The van der Waals surface area contributed by atoms with E-state index in [-0.39, 0.29) is 29.9 Å². The van der Waals surface area contributed by atoms with Crippen LogP contribution in [0.4, 0.5) is 13.2 Å². The number of alkyl halides is 3. The first-order valence-electron chi connectivity index (χ1n) is 9.72. The van der Waals surface area contributed by atoms with Gasteiger partial charge in [0.1, 0.15) is 0 Å². The van der Waals surface area contributed by atoms with E-state index in [2.05, 4.69) is 39.5 Å². The Kier molecular flexibility index (Phi) is 8.42. The number of benzene rings is 1. The first-order chi connectivity index (χ1) is 12.9. The lowest BCUT2D eigenvalue weighted by Crippen LogP contribution is -2.42. The molecule has 1 aromatic carbocycles. The van der Waals surface area contributed by atoms with Gasteiger partial charge in [0, 0.05) is 38.6 Å². The van der Waals surface area contributed by atoms with Crippen LogP contribution in [0.2, 0.25) is 0 Å². The highest BCUT2D eigenvalue weighted by atomic mass is 127. The fourth-order valence-electron chi connectivity index (χ4n) is 3.98. The number of nitrogens with zero attached hydrogens (tertiary/aromatic N) is 3. The number of aliphatic imine (C=N–C) groups is 1. The molecule has 1 aliphatic carbocycles. The van der Waals surface area contributed by atoms with Crippen molar-refractivity contribution in [3.8, 4) is 0 Å². The number of hydrogen-bond acceptors (Lipinski definition) is 2. The van der Waals surface area contributed by atoms with Crippen molar-refractivity contribution in [1.82, 2.24) is 15.1 Å². The standard InChI is InChI=1S/C20H29F3N4.HI/c1-3-26(14-20(21,22)23)12-15-9-10-27(13-15)19(24-2)25-18-11-17(18)16-7-5-4-6-8-16;/h4-8,15,17-18H,3,9-14H2,1-2H3,(H,24,25);1H. The summed E-state index contributed by atoms with van der Waals surface area (Å²) < 4.78 is 38.0. The van der Waals surface area contributed by atoms with Gasteiger partial charge in [0.25, 0.3) is 0 Å². The van der Waals surface area contributed by atoms with Crippen molar-refractivity contribution in [2.24, 2.45) is 10.9 Å². The molecule has 0 amide bonds. The SMILES string of the molecule is CCN(CC1CCN(C(=NC)NC2CC2c2ccccc2)C1)CC(F)(F)F.I. The highest BCUT2D eigenvalue weighted by molar-refractivity contribution is 14.0. The number of rotatable bonds is 6. The third-order valence-corrected chi connectivity index (χ3v) is 5.50. The molecular weight excluding hydrogens is 480 g/mol. The minimum Gasteiger partial charge on any atom is -0.353 e. The predicted molar refractivity (Wildman–Crippen MR) is 117 cm³/mol. The Bertz CT molecular complexity index is 638. The van der Waals surface area contributed by atoms with Crippen LogP contribution >= 0.6 is 24.0 Å². The Hall–Kier alpha value is -1.03. The molecule has 3 atom stereocenters. The summed E-state index contributed by atoms with van der Waals surface area (Å²) in [5, 5.41) is 3.54. The third-order valence-electron chi connectivity index (χ3n) is 5.50. The summed E-state index contributed by atoms with van der Waals surface area (Å²) in [6.45, 7) is 3.47. The maximum atomic E-state index is 12.7. The summed E-state index contributed by atoms with van der Waals surface area (Å²) in [5.41, 5.74) is 1.34. The predicted octanol–water partition coefficient (Wildman–Crippen LogP) is 3.94. The van der Waals surface area contributed by atoms with Crippen molar-refractivity contribution in [3.05, 3.63) is 35.9 Å². The first kappa shape index (κ1) is 23.3. The first-order valence-corrected chi connectivity index (χ1v) is 9.72. The van der Waals surface area contributed by atoms with Crippen LogP contribution in [0.15, 0.2) is 35.3 Å². The number of halogens is 4. The van der Waals surface area contributed by atoms with E-state index >= 15 is 0 Å². The van der Waals surface area contributed by atoms with E-state index in [0.29, 0.717) is 25.0 Å². The molecule has 1 aliphatic heterocycles. The summed E-state index contributed by atoms with van der Waals surface area (Å²) >= 11 is 0. The minimum absolute atomic E-state index is 0. The zero-order chi connectivity index (χ0) is 19.4. The van der Waals surface area contributed by atoms with E-state index in [1.165, 1.54) is 10.5 Å². The second-order valence-electron chi connectivity index (χ2n) is 7.59. The summed E-state index contributed by atoms with van der Waals surface area (Å²) in [6, 6.07) is 10.8. The number of guanidine groups is 1. The van der Waals surface area contributed by atoms with E-state index in [1.807, 2.05) is 6.07 Å². The quantitative estimate of drug-likeness (QED) is 0.358. The average molecular weight is 510 g/mol. The van der Waals surface area contributed by atoms with E-state index in [9.17, 15) is 13.2 Å². The van der Waals surface area contributed by atoms with Crippen LogP contribution in [0, 0.1) is 5.92 Å². The van der Waals surface area contributed by atoms with Crippen LogP contribution in [0.5, 0.6) is 0 Å². The highest BCUT2D eigenvalue weighted by Crippen LogP contribution is 2.40. The molecule has 28 heavy (non-hydrogen) atoms. The Morgan fingerprint density at radius 1 is 1.29 bits per heavy atom. The van der Waals surface area contributed by atoms with E-state index in [1.54, 1.807) is 14.0 Å². The minimum atomic E-state index is -4.13. The molecule has 0 spiro atoms. The summed E-state index contributed by atoms with van der Waals surface area (Å²) in [4.78, 5) is 8.09. The molecule has 8 heteroatoms. The molecule has 1 saturated heterocycles. The second-order valence-corrected chi connectivity index (χ2v) is 7.59. The second kappa shape index (κ2) is 10.1. The van der Waals surface area contributed by atoms with Crippen LogP contribution in [0.1, 0.15) is 31.2 Å². The molecule has 1 saturated carbocycles. The van der Waals surface area contributed by atoms with Gasteiger partial charge in [-0.05, 0) is 30.9 Å². The van der Waals surface area contributed by atoms with Crippen LogP contribution in [0.25, 0.3) is 0 Å². The molecule has 1 aromatic rings. The van der Waals surface area contributed by atoms with Gasteiger partial charge >= 0.3 is 6.18 Å². The Morgan fingerprint density at radius 2 is 2.00 bits per heavy atom. The van der Waals surface area contributed by atoms with Gasteiger partial charge in [0.15, 0.2) is 5.96 Å². The number of hydrogen-bond donors (Lipinski definition) is 1. The molecule has 2 fully saturated rings. The fraction of sp³-hybridized carbons (Fsp3) is 0.650. The number of nitrogens with one attached hydrogen (secondary N) is 1. The average Bonchev–Trinajstić information content (AvgIpc) is 3.27. The largest absolute Gasteiger partial charge is 0.401 e. The van der Waals surface area contributed by atoms with Crippen molar-refractivity contribution >= 4 is 29.9 Å². The van der Waals surface area contributed by atoms with Crippen molar-refractivity contribution in [2.45, 2.75) is 37.9 Å². The van der Waals surface area contributed by atoms with Crippen molar-refractivity contribution in [2.75, 3.05) is 39.8 Å². The lowest BCUT2D eigenvalue weighted by molar-refractivity contribution is -0.146. The van der Waals surface area contributed by atoms with E-state index < -0.39 is 12.7 Å². The smallest absolute Gasteiger partial charge is 0.353 e. The van der Waals surface area contributed by atoms with Crippen LogP contribution in [-0.2, 0) is 0 Å². The van der Waals surface area contributed by atoms with Crippen LogP contribution in [-0.4, -0.2) is 67.7 Å². The maximum absolute atomic E-state index is 12.7. The lowest BCUT2D eigenvalue weighted by Gasteiger charge is -2.26. The third kappa shape index (κ3) is 6.50. The molecule has 158 valence electrons. The highest BCUT2D eigenvalue weighted by Gasteiger charge is 2.40. The molecule has 3 unspecified atom stereocenters. The van der Waals surface area contributed by atoms with Gasteiger partial charge in [0.2, 0.25) is 0 Å².